The van der Waals surface area contributed by atoms with Gasteiger partial charge in [-0.3, -0.25) is 4.79 Å². The highest BCUT2D eigenvalue weighted by atomic mass is 16.6. The molecule has 1 atom stereocenters. The highest BCUT2D eigenvalue weighted by Crippen LogP contribution is 2.21. The van der Waals surface area contributed by atoms with Crippen molar-refractivity contribution in [2.24, 2.45) is 0 Å². The predicted molar refractivity (Wildman–Crippen MR) is 118 cm³/mol. The lowest BCUT2D eigenvalue weighted by molar-refractivity contribution is -0.153. The summed E-state index contributed by atoms with van der Waals surface area (Å²) in [7, 11) is 0. The number of ether oxygens (including phenoxy) is 2. The van der Waals surface area contributed by atoms with E-state index in [0.717, 1.165) is 18.8 Å². The summed E-state index contributed by atoms with van der Waals surface area (Å²) in [5.74, 6) is -0.616. The SMILES string of the molecule is C[C@@H](Oc1ccc(C#N)cc1)C(=O)OCC(=O)Nc1ccc(N2CCCCCC2)cc1. The molecule has 7 nitrogen and oxygen atoms in total. The molecule has 1 heterocycles. The van der Waals surface area contributed by atoms with Gasteiger partial charge in [0.15, 0.2) is 12.7 Å². The zero-order chi connectivity index (χ0) is 22.1. The summed E-state index contributed by atoms with van der Waals surface area (Å²) in [5.41, 5.74) is 2.31. The number of nitriles is 1. The summed E-state index contributed by atoms with van der Waals surface area (Å²) in [6.07, 6.45) is 4.09. The molecule has 1 aliphatic rings. The maximum absolute atomic E-state index is 12.1. The lowest BCUT2D eigenvalue weighted by atomic mass is 10.2. The molecule has 1 amide bonds. The molecule has 1 fully saturated rings. The van der Waals surface area contributed by atoms with Gasteiger partial charge in [-0.25, -0.2) is 4.79 Å². The molecule has 31 heavy (non-hydrogen) atoms. The van der Waals surface area contributed by atoms with Crippen LogP contribution in [0.2, 0.25) is 0 Å². The number of amides is 1. The van der Waals surface area contributed by atoms with Crippen LogP contribution in [0.1, 0.15) is 38.2 Å². The Morgan fingerprint density at radius 3 is 2.29 bits per heavy atom. The Kier molecular flexibility index (Phi) is 7.88. The highest BCUT2D eigenvalue weighted by molar-refractivity contribution is 5.93. The van der Waals surface area contributed by atoms with Gasteiger partial charge in [0.2, 0.25) is 0 Å². The number of benzene rings is 2. The van der Waals surface area contributed by atoms with Crippen LogP contribution in [0.3, 0.4) is 0 Å². The van der Waals surface area contributed by atoms with Crippen molar-refractivity contribution in [2.45, 2.75) is 38.7 Å². The Morgan fingerprint density at radius 1 is 1.03 bits per heavy atom. The third kappa shape index (κ3) is 6.75. The van der Waals surface area contributed by atoms with Crippen LogP contribution in [0.15, 0.2) is 48.5 Å². The number of nitrogens with one attached hydrogen (secondary N) is 1. The molecular weight excluding hydrogens is 394 g/mol. The van der Waals surface area contributed by atoms with Gasteiger partial charge in [0.1, 0.15) is 5.75 Å². The third-order valence-electron chi connectivity index (χ3n) is 5.10. The molecule has 0 spiro atoms. The lowest BCUT2D eigenvalue weighted by Crippen LogP contribution is -2.29. The van der Waals surface area contributed by atoms with Crippen LogP contribution in [0.25, 0.3) is 0 Å². The summed E-state index contributed by atoms with van der Waals surface area (Å²) >= 11 is 0. The monoisotopic (exact) mass is 421 g/mol. The summed E-state index contributed by atoms with van der Waals surface area (Å²) in [4.78, 5) is 26.6. The van der Waals surface area contributed by atoms with E-state index in [1.165, 1.54) is 25.7 Å². The van der Waals surface area contributed by atoms with E-state index in [9.17, 15) is 9.59 Å². The van der Waals surface area contributed by atoms with Crippen molar-refractivity contribution in [3.05, 3.63) is 54.1 Å². The topological polar surface area (TPSA) is 91.7 Å². The number of carbonyl (C=O) groups excluding carboxylic acids is 2. The van der Waals surface area contributed by atoms with Crippen molar-refractivity contribution < 1.29 is 19.1 Å². The molecule has 162 valence electrons. The zero-order valence-corrected chi connectivity index (χ0v) is 17.7. The van der Waals surface area contributed by atoms with Crippen LogP contribution in [0, 0.1) is 11.3 Å². The molecule has 2 aromatic rings. The van der Waals surface area contributed by atoms with Crippen molar-refractivity contribution in [1.82, 2.24) is 0 Å². The second kappa shape index (κ2) is 11.0. The Bertz CT molecular complexity index is 911. The molecule has 2 aromatic carbocycles. The number of hydrogen-bond donors (Lipinski definition) is 1. The quantitative estimate of drug-likeness (QED) is 0.682. The molecule has 0 aliphatic carbocycles. The molecule has 0 unspecified atom stereocenters. The standard InChI is InChI=1S/C24H27N3O4/c1-18(31-22-12-6-19(16-25)7-13-22)24(29)30-17-23(28)26-20-8-10-21(11-9-20)27-14-4-2-3-5-15-27/h6-13,18H,2-5,14-15,17H2,1H3,(H,26,28)/t18-/m1/s1. The van der Waals surface area contributed by atoms with E-state index < -0.39 is 24.6 Å². The number of nitrogens with zero attached hydrogens (tertiary/aromatic N) is 2. The van der Waals surface area contributed by atoms with Gasteiger partial charge in [0, 0.05) is 24.5 Å². The average molecular weight is 421 g/mol. The fourth-order valence-electron chi connectivity index (χ4n) is 3.40. The first-order chi connectivity index (χ1) is 15.0. The number of anilines is 2. The number of esters is 1. The molecule has 0 saturated carbocycles. The molecular formula is C24H27N3O4. The Labute approximate surface area is 182 Å². The number of hydrogen-bond acceptors (Lipinski definition) is 6. The van der Waals surface area contributed by atoms with E-state index in [2.05, 4.69) is 10.2 Å². The Morgan fingerprint density at radius 2 is 1.68 bits per heavy atom. The van der Waals surface area contributed by atoms with Gasteiger partial charge in [-0.1, -0.05) is 12.8 Å². The fourth-order valence-corrected chi connectivity index (χ4v) is 3.40. The van der Waals surface area contributed by atoms with Crippen molar-refractivity contribution >= 4 is 23.3 Å². The van der Waals surface area contributed by atoms with Gasteiger partial charge >= 0.3 is 5.97 Å². The van der Waals surface area contributed by atoms with Crippen molar-refractivity contribution in [2.75, 3.05) is 29.9 Å². The van der Waals surface area contributed by atoms with E-state index in [1.807, 2.05) is 30.3 Å². The van der Waals surface area contributed by atoms with Crippen molar-refractivity contribution in [1.29, 1.82) is 5.26 Å². The molecule has 0 bridgehead atoms. The highest BCUT2D eigenvalue weighted by Gasteiger charge is 2.18. The molecule has 0 aromatic heterocycles. The summed E-state index contributed by atoms with van der Waals surface area (Å²) in [6.45, 7) is 3.27. The molecule has 1 saturated heterocycles. The zero-order valence-electron chi connectivity index (χ0n) is 17.7. The van der Waals surface area contributed by atoms with Crippen LogP contribution in [0.5, 0.6) is 5.75 Å². The van der Waals surface area contributed by atoms with Gasteiger partial charge in [0.05, 0.1) is 11.6 Å². The minimum atomic E-state index is -0.881. The minimum Gasteiger partial charge on any atom is -0.479 e. The van der Waals surface area contributed by atoms with E-state index in [4.69, 9.17) is 14.7 Å². The van der Waals surface area contributed by atoms with Gasteiger partial charge in [-0.05, 0) is 68.3 Å². The Balaban J connectivity index is 1.43. The maximum atomic E-state index is 12.1. The van der Waals surface area contributed by atoms with Crippen LogP contribution < -0.4 is 15.0 Å². The molecule has 3 rings (SSSR count). The van der Waals surface area contributed by atoms with Crippen molar-refractivity contribution in [3.8, 4) is 11.8 Å². The molecule has 7 heteroatoms. The van der Waals surface area contributed by atoms with Crippen LogP contribution in [-0.4, -0.2) is 37.7 Å². The second-order valence-electron chi connectivity index (χ2n) is 7.50. The normalized spacial score (nSPS) is 14.6. The van der Waals surface area contributed by atoms with Crippen molar-refractivity contribution in [3.63, 3.8) is 0 Å². The first kappa shape index (κ1) is 22.2. The Hall–Kier alpha value is -3.53. The third-order valence-corrected chi connectivity index (χ3v) is 5.10. The molecule has 1 N–H and O–H groups in total. The van der Waals surface area contributed by atoms with Gasteiger partial charge in [-0.15, -0.1) is 0 Å². The minimum absolute atomic E-state index is 0.395. The lowest BCUT2D eigenvalue weighted by Gasteiger charge is -2.22. The second-order valence-corrected chi connectivity index (χ2v) is 7.50. The maximum Gasteiger partial charge on any atom is 0.347 e. The van der Waals surface area contributed by atoms with Gasteiger partial charge < -0.3 is 19.7 Å². The van der Waals surface area contributed by atoms with Gasteiger partial charge in [0.25, 0.3) is 5.91 Å². The number of rotatable bonds is 7. The van der Waals surface area contributed by atoms with E-state index in [0.29, 0.717) is 17.0 Å². The average Bonchev–Trinajstić information content (AvgIpc) is 3.08. The smallest absolute Gasteiger partial charge is 0.347 e. The molecule has 1 aliphatic heterocycles. The summed E-state index contributed by atoms with van der Waals surface area (Å²) in [5, 5.41) is 11.5. The largest absolute Gasteiger partial charge is 0.479 e. The van der Waals surface area contributed by atoms with E-state index >= 15 is 0 Å². The van der Waals surface area contributed by atoms with E-state index in [1.54, 1.807) is 31.2 Å². The van der Waals surface area contributed by atoms with Gasteiger partial charge in [-0.2, -0.15) is 5.26 Å². The summed E-state index contributed by atoms with van der Waals surface area (Å²) in [6, 6.07) is 16.1. The number of carbonyl (C=O) groups is 2. The first-order valence-electron chi connectivity index (χ1n) is 10.5. The van der Waals surface area contributed by atoms with E-state index in [-0.39, 0.29) is 0 Å². The van der Waals surface area contributed by atoms with Crippen LogP contribution in [0.4, 0.5) is 11.4 Å². The predicted octanol–water partition coefficient (Wildman–Crippen LogP) is 3.89. The molecule has 0 radical (unpaired) electrons. The fraction of sp³-hybridized carbons (Fsp3) is 0.375. The van der Waals surface area contributed by atoms with Crippen LogP contribution in [-0.2, 0) is 14.3 Å². The van der Waals surface area contributed by atoms with Crippen LogP contribution >= 0.6 is 0 Å². The summed E-state index contributed by atoms with van der Waals surface area (Å²) < 4.78 is 10.5. The first-order valence-corrected chi connectivity index (χ1v) is 10.5.